The van der Waals surface area contributed by atoms with E-state index in [1.165, 1.54) is 7.05 Å². The number of β-amino-alcohol motifs (C(OH)–C–C–N with tert-alkyl or cyclic N) is 1. The van der Waals surface area contributed by atoms with E-state index in [0.29, 0.717) is 0 Å². The summed E-state index contributed by atoms with van der Waals surface area (Å²) >= 11 is 0. The predicted octanol–water partition coefficient (Wildman–Crippen LogP) is -1.37. The molecule has 2 amide bonds. The number of hydrogen-bond donors (Lipinski definition) is 3. The van der Waals surface area contributed by atoms with Gasteiger partial charge in [-0.1, -0.05) is 13.8 Å². The minimum atomic E-state index is -1.78. The summed E-state index contributed by atoms with van der Waals surface area (Å²) in [7, 11) is 1.35. The van der Waals surface area contributed by atoms with Crippen molar-refractivity contribution in [2.45, 2.75) is 38.2 Å². The number of hydrogen-bond acceptors (Lipinski definition) is 4. The molecule has 6 nitrogen and oxygen atoms in total. The lowest BCUT2D eigenvalue weighted by atomic mass is 10.0. The van der Waals surface area contributed by atoms with Crippen molar-refractivity contribution in [1.82, 2.24) is 10.2 Å². The third kappa shape index (κ3) is 2.62. The summed E-state index contributed by atoms with van der Waals surface area (Å²) in [6, 6.07) is -2.11. The number of nitrogens with two attached hydrogens (primary N) is 1. The van der Waals surface area contributed by atoms with Crippen molar-refractivity contribution < 1.29 is 19.1 Å². The minimum absolute atomic E-state index is 0.126. The average Bonchev–Trinajstić information content (AvgIpc) is 2.63. The van der Waals surface area contributed by atoms with Gasteiger partial charge < -0.3 is 21.1 Å². The van der Waals surface area contributed by atoms with Crippen molar-refractivity contribution in [2.75, 3.05) is 13.6 Å². The lowest BCUT2D eigenvalue weighted by Gasteiger charge is -2.27. The number of aliphatic hydroxyl groups excluding tert-OH is 1. The zero-order valence-electron chi connectivity index (χ0n) is 10.8. The van der Waals surface area contributed by atoms with Gasteiger partial charge in [0, 0.05) is 7.05 Å². The Morgan fingerprint density at radius 3 is 2.50 bits per heavy atom. The van der Waals surface area contributed by atoms with Gasteiger partial charge >= 0.3 is 0 Å². The van der Waals surface area contributed by atoms with Crippen molar-refractivity contribution >= 4 is 11.8 Å². The van der Waals surface area contributed by atoms with Crippen LogP contribution in [0, 0.1) is 5.92 Å². The van der Waals surface area contributed by atoms with Gasteiger partial charge in [-0.05, 0) is 5.92 Å². The molecule has 104 valence electrons. The molecule has 7 heteroatoms. The molecule has 18 heavy (non-hydrogen) atoms. The van der Waals surface area contributed by atoms with Crippen LogP contribution in [-0.2, 0) is 9.59 Å². The Labute approximate surface area is 105 Å². The van der Waals surface area contributed by atoms with E-state index in [1.54, 1.807) is 13.8 Å². The van der Waals surface area contributed by atoms with Crippen molar-refractivity contribution in [3.63, 3.8) is 0 Å². The molecule has 1 aliphatic heterocycles. The maximum atomic E-state index is 13.7. The lowest BCUT2D eigenvalue weighted by Crippen LogP contribution is -2.54. The van der Waals surface area contributed by atoms with E-state index in [9.17, 15) is 19.1 Å². The van der Waals surface area contributed by atoms with E-state index >= 15 is 0 Å². The van der Waals surface area contributed by atoms with Crippen molar-refractivity contribution in [3.8, 4) is 0 Å². The van der Waals surface area contributed by atoms with Gasteiger partial charge in [-0.3, -0.25) is 9.59 Å². The third-order valence-corrected chi connectivity index (χ3v) is 3.19. The number of likely N-dealkylation sites (N-methyl/N-ethyl adjacent to an activating group) is 1. The smallest absolute Gasteiger partial charge is 0.245 e. The number of aliphatic hydroxyl groups is 1. The van der Waals surface area contributed by atoms with Crippen LogP contribution in [0.2, 0.25) is 0 Å². The molecule has 1 aliphatic rings. The second-order valence-corrected chi connectivity index (χ2v) is 4.83. The highest BCUT2D eigenvalue weighted by atomic mass is 19.1. The van der Waals surface area contributed by atoms with Gasteiger partial charge in [-0.2, -0.15) is 0 Å². The Bertz CT molecular complexity index is 337. The molecule has 0 aromatic rings. The maximum absolute atomic E-state index is 13.7. The molecule has 0 bridgehead atoms. The fourth-order valence-corrected chi connectivity index (χ4v) is 1.94. The van der Waals surface area contributed by atoms with Crippen LogP contribution in [-0.4, -0.2) is 59.8 Å². The van der Waals surface area contributed by atoms with Gasteiger partial charge in [0.1, 0.15) is 12.1 Å². The normalized spacial score (nSPS) is 29.5. The molecular formula is C11H20FN3O3. The van der Waals surface area contributed by atoms with Gasteiger partial charge in [0.15, 0.2) is 6.17 Å². The summed E-state index contributed by atoms with van der Waals surface area (Å²) in [4.78, 5) is 24.7. The summed E-state index contributed by atoms with van der Waals surface area (Å²) in [6.07, 6.45) is -3.14. The molecule has 0 saturated carbocycles. The van der Waals surface area contributed by atoms with Crippen LogP contribution in [0.5, 0.6) is 0 Å². The largest absolute Gasteiger partial charge is 0.388 e. The summed E-state index contributed by atoms with van der Waals surface area (Å²) < 4.78 is 13.7. The summed E-state index contributed by atoms with van der Waals surface area (Å²) in [6.45, 7) is 3.31. The second kappa shape index (κ2) is 5.62. The first-order valence-corrected chi connectivity index (χ1v) is 5.91. The molecule has 1 unspecified atom stereocenters. The van der Waals surface area contributed by atoms with E-state index in [1.807, 2.05) is 0 Å². The van der Waals surface area contributed by atoms with Crippen LogP contribution in [0.1, 0.15) is 13.8 Å². The highest BCUT2D eigenvalue weighted by molar-refractivity contribution is 5.91. The predicted molar refractivity (Wildman–Crippen MR) is 63.3 cm³/mol. The Morgan fingerprint density at radius 2 is 2.06 bits per heavy atom. The van der Waals surface area contributed by atoms with Gasteiger partial charge in [0.2, 0.25) is 11.8 Å². The van der Waals surface area contributed by atoms with E-state index < -0.39 is 36.2 Å². The van der Waals surface area contributed by atoms with Crippen molar-refractivity contribution in [2.24, 2.45) is 11.7 Å². The second-order valence-electron chi connectivity index (χ2n) is 4.83. The first-order valence-electron chi connectivity index (χ1n) is 5.91. The summed E-state index contributed by atoms with van der Waals surface area (Å²) in [5.41, 5.74) is 5.71. The zero-order chi connectivity index (χ0) is 14.0. The molecule has 0 spiro atoms. The number of nitrogens with zero attached hydrogens (tertiary/aromatic N) is 1. The Kier molecular flexibility index (Phi) is 4.64. The fraction of sp³-hybridized carbons (Fsp3) is 0.818. The highest BCUT2D eigenvalue weighted by Gasteiger charge is 2.48. The minimum Gasteiger partial charge on any atom is -0.388 e. The van der Waals surface area contributed by atoms with Gasteiger partial charge in [-0.25, -0.2) is 4.39 Å². The number of amides is 2. The Morgan fingerprint density at radius 1 is 1.50 bits per heavy atom. The number of carbonyl (C=O) groups is 2. The topological polar surface area (TPSA) is 95.7 Å². The lowest BCUT2D eigenvalue weighted by molar-refractivity contribution is -0.141. The summed E-state index contributed by atoms with van der Waals surface area (Å²) in [5, 5.41) is 11.7. The molecule has 1 heterocycles. The summed E-state index contributed by atoms with van der Waals surface area (Å²) in [5.74, 6) is -1.28. The molecule has 0 aromatic carbocycles. The zero-order valence-corrected chi connectivity index (χ0v) is 10.8. The quantitative estimate of drug-likeness (QED) is 0.584. The van der Waals surface area contributed by atoms with Crippen LogP contribution in [0.15, 0.2) is 0 Å². The molecule has 0 aliphatic carbocycles. The maximum Gasteiger partial charge on any atom is 0.245 e. The fourth-order valence-electron chi connectivity index (χ4n) is 1.94. The van der Waals surface area contributed by atoms with E-state index in [2.05, 4.69) is 5.32 Å². The first-order chi connectivity index (χ1) is 8.31. The number of nitrogens with one attached hydrogen (secondary N) is 1. The molecule has 4 N–H and O–H groups in total. The number of halogens is 1. The Balaban J connectivity index is 2.92. The van der Waals surface area contributed by atoms with Crippen LogP contribution in [0.3, 0.4) is 0 Å². The first kappa shape index (κ1) is 14.8. The van der Waals surface area contributed by atoms with Crippen LogP contribution in [0.4, 0.5) is 4.39 Å². The molecule has 1 saturated heterocycles. The molecule has 1 rings (SSSR count). The van der Waals surface area contributed by atoms with Crippen molar-refractivity contribution in [1.29, 1.82) is 0 Å². The molecule has 1 fully saturated rings. The molecular weight excluding hydrogens is 241 g/mol. The molecule has 4 atom stereocenters. The molecule has 0 aromatic heterocycles. The van der Waals surface area contributed by atoms with E-state index in [0.717, 1.165) is 4.90 Å². The SMILES string of the molecule is CNC(=O)[C@@H]1[C@@H](F)[C@@H](O)CN1C(=O)C(N)C(C)C. The van der Waals surface area contributed by atoms with Crippen molar-refractivity contribution in [3.05, 3.63) is 0 Å². The monoisotopic (exact) mass is 261 g/mol. The average molecular weight is 261 g/mol. The third-order valence-electron chi connectivity index (χ3n) is 3.19. The number of alkyl halides is 1. The molecule has 0 radical (unpaired) electrons. The van der Waals surface area contributed by atoms with Gasteiger partial charge in [0.05, 0.1) is 12.6 Å². The standard InChI is InChI=1S/C11H20FN3O3/c1-5(2)8(13)11(18)15-4-6(16)7(12)9(15)10(17)14-3/h5-9,16H,4,13H2,1-3H3,(H,14,17)/t6-,7-,8?,9-/m0/s1. The number of carbonyl (C=O) groups excluding carboxylic acids is 2. The highest BCUT2D eigenvalue weighted by Crippen LogP contribution is 2.23. The van der Waals surface area contributed by atoms with Crippen LogP contribution >= 0.6 is 0 Å². The van der Waals surface area contributed by atoms with Gasteiger partial charge in [-0.15, -0.1) is 0 Å². The Hall–Kier alpha value is -1.21. The van der Waals surface area contributed by atoms with E-state index in [-0.39, 0.29) is 12.5 Å². The number of rotatable bonds is 3. The van der Waals surface area contributed by atoms with Gasteiger partial charge in [0.25, 0.3) is 0 Å². The number of likely N-dealkylation sites (tertiary alicyclic amines) is 1. The van der Waals surface area contributed by atoms with Crippen LogP contribution < -0.4 is 11.1 Å². The van der Waals surface area contributed by atoms with E-state index in [4.69, 9.17) is 5.73 Å². The van der Waals surface area contributed by atoms with Crippen LogP contribution in [0.25, 0.3) is 0 Å².